The summed E-state index contributed by atoms with van der Waals surface area (Å²) in [4.78, 5) is 23.1. The van der Waals surface area contributed by atoms with Crippen molar-refractivity contribution >= 4 is 11.8 Å². The molecule has 0 saturated heterocycles. The predicted molar refractivity (Wildman–Crippen MR) is 76.7 cm³/mol. The van der Waals surface area contributed by atoms with Crippen LogP contribution in [0.25, 0.3) is 0 Å². The Morgan fingerprint density at radius 2 is 1.95 bits per heavy atom. The Labute approximate surface area is 122 Å². The highest BCUT2D eigenvalue weighted by atomic mass is 16.2. The maximum absolute atomic E-state index is 11.9. The van der Waals surface area contributed by atoms with E-state index in [-0.39, 0.29) is 18.1 Å². The van der Waals surface area contributed by atoms with Crippen LogP contribution in [-0.2, 0) is 11.3 Å². The largest absolute Gasteiger partial charge is 0.358 e. The smallest absolute Gasteiger partial charge is 0.274 e. The van der Waals surface area contributed by atoms with Gasteiger partial charge in [-0.1, -0.05) is 35.5 Å². The molecule has 2 amide bonds. The molecule has 0 aliphatic carbocycles. The van der Waals surface area contributed by atoms with Crippen molar-refractivity contribution < 1.29 is 9.59 Å². The maximum Gasteiger partial charge on any atom is 0.274 e. The van der Waals surface area contributed by atoms with Crippen molar-refractivity contribution in [1.82, 2.24) is 25.6 Å². The minimum Gasteiger partial charge on any atom is -0.358 e. The third-order valence-corrected chi connectivity index (χ3v) is 3.06. The molecule has 0 aliphatic heterocycles. The van der Waals surface area contributed by atoms with Gasteiger partial charge in [-0.3, -0.25) is 9.59 Å². The van der Waals surface area contributed by atoms with Crippen molar-refractivity contribution in [1.29, 1.82) is 0 Å². The Morgan fingerprint density at radius 1 is 1.24 bits per heavy atom. The fourth-order valence-electron chi connectivity index (χ4n) is 1.81. The quantitative estimate of drug-likeness (QED) is 0.817. The number of rotatable bonds is 5. The van der Waals surface area contributed by atoms with Crippen molar-refractivity contribution in [3.63, 3.8) is 0 Å². The predicted octanol–water partition coefficient (Wildman–Crippen LogP) is 0.111. The molecule has 1 heterocycles. The topological polar surface area (TPSA) is 88.9 Å². The number of likely N-dealkylation sites (N-methyl/N-ethyl adjacent to an activating group) is 1. The SMILES string of the molecule is CNC(=O)CNC(=O)c1nnn(Cc2ccccc2)c1C. The van der Waals surface area contributed by atoms with Gasteiger partial charge in [-0.25, -0.2) is 4.68 Å². The van der Waals surface area contributed by atoms with E-state index in [1.165, 1.54) is 7.05 Å². The van der Waals surface area contributed by atoms with Crippen LogP contribution in [-0.4, -0.2) is 40.4 Å². The highest BCUT2D eigenvalue weighted by molar-refractivity contribution is 5.95. The van der Waals surface area contributed by atoms with Gasteiger partial charge in [0.25, 0.3) is 5.91 Å². The summed E-state index contributed by atoms with van der Waals surface area (Å²) in [6.07, 6.45) is 0. The monoisotopic (exact) mass is 287 g/mol. The van der Waals surface area contributed by atoms with Crippen LogP contribution in [0.4, 0.5) is 0 Å². The minimum absolute atomic E-state index is 0.0830. The van der Waals surface area contributed by atoms with Crippen LogP contribution in [0.3, 0.4) is 0 Å². The lowest BCUT2D eigenvalue weighted by molar-refractivity contribution is -0.119. The molecule has 1 aromatic heterocycles. The molecule has 21 heavy (non-hydrogen) atoms. The van der Waals surface area contributed by atoms with E-state index in [0.29, 0.717) is 12.2 Å². The van der Waals surface area contributed by atoms with Crippen molar-refractivity contribution in [3.05, 3.63) is 47.3 Å². The molecule has 0 spiro atoms. The average molecular weight is 287 g/mol. The molecule has 7 nitrogen and oxygen atoms in total. The van der Waals surface area contributed by atoms with Crippen LogP contribution in [0.5, 0.6) is 0 Å². The first-order chi connectivity index (χ1) is 10.1. The summed E-state index contributed by atoms with van der Waals surface area (Å²) in [7, 11) is 1.51. The second-order valence-electron chi connectivity index (χ2n) is 4.52. The molecule has 0 atom stereocenters. The van der Waals surface area contributed by atoms with Crippen molar-refractivity contribution in [3.8, 4) is 0 Å². The molecule has 0 unspecified atom stereocenters. The number of nitrogens with one attached hydrogen (secondary N) is 2. The zero-order chi connectivity index (χ0) is 15.2. The van der Waals surface area contributed by atoms with Crippen LogP contribution < -0.4 is 10.6 Å². The number of amides is 2. The van der Waals surface area contributed by atoms with E-state index in [1.54, 1.807) is 11.6 Å². The third kappa shape index (κ3) is 3.65. The van der Waals surface area contributed by atoms with E-state index in [9.17, 15) is 9.59 Å². The first-order valence-corrected chi connectivity index (χ1v) is 6.54. The number of aromatic nitrogens is 3. The molecule has 0 saturated carbocycles. The summed E-state index contributed by atoms with van der Waals surface area (Å²) in [6, 6.07) is 9.78. The average Bonchev–Trinajstić information content (AvgIpc) is 2.86. The number of carbonyl (C=O) groups excluding carboxylic acids is 2. The fraction of sp³-hybridized carbons (Fsp3) is 0.286. The van der Waals surface area contributed by atoms with Gasteiger partial charge in [0, 0.05) is 7.05 Å². The van der Waals surface area contributed by atoms with Crippen LogP contribution >= 0.6 is 0 Å². The molecule has 2 N–H and O–H groups in total. The van der Waals surface area contributed by atoms with Crippen LogP contribution in [0.1, 0.15) is 21.7 Å². The lowest BCUT2D eigenvalue weighted by atomic mass is 10.2. The molecule has 7 heteroatoms. The highest BCUT2D eigenvalue weighted by Gasteiger charge is 2.16. The minimum atomic E-state index is -0.407. The van der Waals surface area contributed by atoms with E-state index >= 15 is 0 Å². The van der Waals surface area contributed by atoms with Gasteiger partial charge in [-0.2, -0.15) is 0 Å². The van der Waals surface area contributed by atoms with Gasteiger partial charge in [-0.15, -0.1) is 5.10 Å². The Kier molecular flexibility index (Phi) is 4.65. The molecule has 0 bridgehead atoms. The first-order valence-electron chi connectivity index (χ1n) is 6.54. The molecule has 2 rings (SSSR count). The van der Waals surface area contributed by atoms with Gasteiger partial charge in [0.2, 0.25) is 5.91 Å². The van der Waals surface area contributed by atoms with Gasteiger partial charge in [0.15, 0.2) is 5.69 Å². The molecule has 1 aromatic carbocycles. The fourth-order valence-corrected chi connectivity index (χ4v) is 1.81. The van der Waals surface area contributed by atoms with Crippen LogP contribution in [0.2, 0.25) is 0 Å². The van der Waals surface area contributed by atoms with Gasteiger partial charge in [-0.05, 0) is 12.5 Å². The number of hydrogen-bond acceptors (Lipinski definition) is 4. The molecular formula is C14H17N5O2. The number of hydrogen-bond donors (Lipinski definition) is 2. The maximum atomic E-state index is 11.9. The summed E-state index contributed by atoms with van der Waals surface area (Å²) >= 11 is 0. The zero-order valence-electron chi connectivity index (χ0n) is 12.0. The molecular weight excluding hydrogens is 270 g/mol. The third-order valence-electron chi connectivity index (χ3n) is 3.06. The van der Waals surface area contributed by atoms with Gasteiger partial charge >= 0.3 is 0 Å². The Bertz CT molecular complexity index is 636. The van der Waals surface area contributed by atoms with Gasteiger partial charge in [0.05, 0.1) is 18.8 Å². The number of benzene rings is 1. The van der Waals surface area contributed by atoms with Crippen molar-refractivity contribution in [2.45, 2.75) is 13.5 Å². The Hall–Kier alpha value is -2.70. The van der Waals surface area contributed by atoms with Gasteiger partial charge in [0.1, 0.15) is 0 Å². The van der Waals surface area contributed by atoms with Gasteiger partial charge < -0.3 is 10.6 Å². The van der Waals surface area contributed by atoms with E-state index in [2.05, 4.69) is 20.9 Å². The standard InChI is InChI=1S/C14H17N5O2/c1-10-13(14(21)16-8-12(20)15-2)17-18-19(10)9-11-6-4-3-5-7-11/h3-7H,8-9H2,1-2H3,(H,15,20)(H,16,21). The number of nitrogens with zero attached hydrogens (tertiary/aromatic N) is 3. The normalized spacial score (nSPS) is 10.2. The second kappa shape index (κ2) is 6.65. The Balaban J connectivity index is 2.06. The van der Waals surface area contributed by atoms with E-state index < -0.39 is 5.91 Å². The lowest BCUT2D eigenvalue weighted by Gasteiger charge is -2.04. The summed E-state index contributed by atoms with van der Waals surface area (Å²) in [5, 5.41) is 12.8. The van der Waals surface area contributed by atoms with Crippen LogP contribution in [0, 0.1) is 6.92 Å². The van der Waals surface area contributed by atoms with Crippen LogP contribution in [0.15, 0.2) is 30.3 Å². The summed E-state index contributed by atoms with van der Waals surface area (Å²) < 4.78 is 1.66. The van der Waals surface area contributed by atoms with E-state index in [1.807, 2.05) is 30.3 Å². The summed E-state index contributed by atoms with van der Waals surface area (Å²) in [5.74, 6) is -0.673. The molecule has 0 radical (unpaired) electrons. The molecule has 110 valence electrons. The summed E-state index contributed by atoms with van der Waals surface area (Å²) in [5.41, 5.74) is 1.96. The van der Waals surface area contributed by atoms with Crippen molar-refractivity contribution in [2.75, 3.05) is 13.6 Å². The molecule has 2 aromatic rings. The lowest BCUT2D eigenvalue weighted by Crippen LogP contribution is -2.35. The molecule has 0 fully saturated rings. The van der Waals surface area contributed by atoms with Crippen molar-refractivity contribution in [2.24, 2.45) is 0 Å². The number of carbonyl (C=O) groups is 2. The van der Waals surface area contributed by atoms with E-state index in [0.717, 1.165) is 5.56 Å². The zero-order valence-corrected chi connectivity index (χ0v) is 12.0. The highest BCUT2D eigenvalue weighted by Crippen LogP contribution is 2.07. The Morgan fingerprint density at radius 3 is 2.62 bits per heavy atom. The van der Waals surface area contributed by atoms with E-state index in [4.69, 9.17) is 0 Å². The summed E-state index contributed by atoms with van der Waals surface area (Å²) in [6.45, 7) is 2.24. The first kappa shape index (κ1) is 14.7. The second-order valence-corrected chi connectivity index (χ2v) is 4.52. The molecule has 0 aliphatic rings.